The molecule has 0 amide bonds. The first-order valence-corrected chi connectivity index (χ1v) is 11.5. The van der Waals surface area contributed by atoms with Gasteiger partial charge in [0.15, 0.2) is 5.11 Å². The van der Waals surface area contributed by atoms with E-state index < -0.39 is 5.97 Å². The van der Waals surface area contributed by atoms with Crippen molar-refractivity contribution < 1.29 is 9.90 Å². The Bertz CT molecular complexity index is 1320. The van der Waals surface area contributed by atoms with Crippen molar-refractivity contribution in [3.05, 3.63) is 113 Å². The number of carboxylic acid groups (broad SMARTS) is 1. The number of benzene rings is 2. The number of rotatable bonds is 5. The highest BCUT2D eigenvalue weighted by molar-refractivity contribution is 9.10. The number of hydrogen-bond acceptors (Lipinski definition) is 3. The van der Waals surface area contributed by atoms with Gasteiger partial charge in [-0.15, -0.1) is 0 Å². The molecule has 1 saturated heterocycles. The van der Waals surface area contributed by atoms with E-state index in [9.17, 15) is 9.90 Å². The summed E-state index contributed by atoms with van der Waals surface area (Å²) in [6.45, 7) is 0. The van der Waals surface area contributed by atoms with E-state index in [0.29, 0.717) is 5.11 Å². The molecule has 164 valence electrons. The number of aromatic nitrogens is 2. The summed E-state index contributed by atoms with van der Waals surface area (Å²) < 4.78 is 2.99. The van der Waals surface area contributed by atoms with Gasteiger partial charge in [-0.05, 0) is 78.9 Å². The molecule has 1 fully saturated rings. The van der Waals surface area contributed by atoms with Crippen molar-refractivity contribution in [2.75, 3.05) is 4.90 Å². The van der Waals surface area contributed by atoms with Gasteiger partial charge in [0.05, 0.1) is 17.3 Å². The van der Waals surface area contributed by atoms with Crippen LogP contribution in [0.1, 0.15) is 33.8 Å². The Balaban J connectivity index is 1.66. The van der Waals surface area contributed by atoms with Crippen molar-refractivity contribution in [1.29, 1.82) is 0 Å². The van der Waals surface area contributed by atoms with Crippen LogP contribution in [0.2, 0.25) is 0 Å². The van der Waals surface area contributed by atoms with Gasteiger partial charge in [0.1, 0.15) is 6.04 Å². The maximum absolute atomic E-state index is 11.6. The quantitative estimate of drug-likeness (QED) is 0.339. The minimum absolute atomic E-state index is 0.196. The van der Waals surface area contributed by atoms with Gasteiger partial charge < -0.3 is 19.9 Å². The van der Waals surface area contributed by atoms with Crippen LogP contribution in [0.5, 0.6) is 0 Å². The van der Waals surface area contributed by atoms with Crippen LogP contribution in [0.25, 0.3) is 5.69 Å². The zero-order valence-electron chi connectivity index (χ0n) is 17.3. The van der Waals surface area contributed by atoms with Gasteiger partial charge in [0, 0.05) is 33.9 Å². The highest BCUT2D eigenvalue weighted by Gasteiger charge is 2.42. The number of carboxylic acids is 1. The summed E-state index contributed by atoms with van der Waals surface area (Å²) in [5.41, 5.74) is 3.78. The molecular weight excluding hydrogens is 500 g/mol. The molecule has 0 unspecified atom stereocenters. The third-order valence-electron chi connectivity index (χ3n) is 5.66. The van der Waals surface area contributed by atoms with Gasteiger partial charge in [-0.2, -0.15) is 0 Å². The zero-order valence-corrected chi connectivity index (χ0v) is 19.7. The molecule has 5 rings (SSSR count). The fourth-order valence-corrected chi connectivity index (χ4v) is 4.80. The second-order valence-electron chi connectivity index (χ2n) is 7.63. The summed E-state index contributed by atoms with van der Waals surface area (Å²) in [6.07, 6.45) is 3.71. The molecule has 0 aliphatic carbocycles. The molecule has 1 aliphatic rings. The van der Waals surface area contributed by atoms with Gasteiger partial charge in [-0.1, -0.05) is 28.1 Å². The van der Waals surface area contributed by atoms with Gasteiger partial charge in [0.25, 0.3) is 0 Å². The first-order valence-electron chi connectivity index (χ1n) is 10.3. The van der Waals surface area contributed by atoms with Crippen LogP contribution < -0.4 is 10.2 Å². The van der Waals surface area contributed by atoms with Gasteiger partial charge in [0.2, 0.25) is 0 Å². The van der Waals surface area contributed by atoms with Crippen molar-refractivity contribution >= 4 is 44.9 Å². The summed E-state index contributed by atoms with van der Waals surface area (Å²) in [7, 11) is 0. The van der Waals surface area contributed by atoms with E-state index in [4.69, 9.17) is 12.2 Å². The number of pyridine rings is 1. The molecule has 1 aliphatic heterocycles. The second kappa shape index (κ2) is 8.80. The Morgan fingerprint density at radius 3 is 2.55 bits per heavy atom. The van der Waals surface area contributed by atoms with Gasteiger partial charge in [-0.3, -0.25) is 4.98 Å². The molecular formula is C25H19BrN4O2S. The van der Waals surface area contributed by atoms with Crippen molar-refractivity contribution in [3.63, 3.8) is 0 Å². The lowest BCUT2D eigenvalue weighted by atomic mass is 10.0. The molecule has 8 heteroatoms. The molecule has 2 N–H and O–H groups in total. The predicted molar refractivity (Wildman–Crippen MR) is 135 cm³/mol. The van der Waals surface area contributed by atoms with E-state index in [1.165, 1.54) is 0 Å². The first kappa shape index (κ1) is 21.4. The van der Waals surface area contributed by atoms with Crippen molar-refractivity contribution in [1.82, 2.24) is 14.9 Å². The molecule has 0 bridgehead atoms. The molecule has 0 spiro atoms. The molecule has 4 aromatic rings. The van der Waals surface area contributed by atoms with Gasteiger partial charge in [-0.25, -0.2) is 4.79 Å². The number of thiocarbonyl (C=S) groups is 1. The lowest BCUT2D eigenvalue weighted by Gasteiger charge is -2.29. The van der Waals surface area contributed by atoms with Crippen molar-refractivity contribution in [2.24, 2.45) is 0 Å². The minimum atomic E-state index is -0.961. The second-order valence-corrected chi connectivity index (χ2v) is 8.93. The molecule has 0 radical (unpaired) electrons. The van der Waals surface area contributed by atoms with E-state index in [0.717, 1.165) is 27.2 Å². The fraction of sp³-hybridized carbons (Fsp3) is 0.0800. The van der Waals surface area contributed by atoms with Crippen molar-refractivity contribution in [2.45, 2.75) is 12.1 Å². The molecule has 3 heterocycles. The summed E-state index contributed by atoms with van der Waals surface area (Å²) >= 11 is 9.29. The maximum Gasteiger partial charge on any atom is 0.335 e. The maximum atomic E-state index is 11.6. The first-order chi connectivity index (χ1) is 16.0. The standard InChI is InChI=1S/C25H19BrN4O2S/c26-17-9-11-18(12-10-17)30-23(22(28-25(30)33)20-7-1-2-13-27-20)21-8-4-14-29(21)19-6-3-5-16(15-19)24(31)32/h1-15,22-23H,(H,28,33)(H,31,32)/t22-,23+/m1/s1. The number of hydrogen-bond donors (Lipinski definition) is 2. The molecule has 6 nitrogen and oxygen atoms in total. The number of carbonyl (C=O) groups is 1. The number of nitrogens with one attached hydrogen (secondary N) is 1. The highest BCUT2D eigenvalue weighted by atomic mass is 79.9. The van der Waals surface area contributed by atoms with Crippen LogP contribution in [0.15, 0.2) is 95.7 Å². The lowest BCUT2D eigenvalue weighted by Crippen LogP contribution is -2.30. The Labute approximate surface area is 204 Å². The van der Waals surface area contributed by atoms with E-state index in [1.54, 1.807) is 24.4 Å². The third kappa shape index (κ3) is 4.03. The van der Waals surface area contributed by atoms with E-state index in [2.05, 4.69) is 31.1 Å². The van der Waals surface area contributed by atoms with E-state index in [-0.39, 0.29) is 17.6 Å². The summed E-state index contributed by atoms with van der Waals surface area (Å²) in [6, 6.07) is 24.3. The molecule has 2 aromatic heterocycles. The number of nitrogens with zero attached hydrogens (tertiary/aromatic N) is 3. The highest BCUT2D eigenvalue weighted by Crippen LogP contribution is 2.42. The Morgan fingerprint density at radius 1 is 1.00 bits per heavy atom. The Hall–Kier alpha value is -3.49. The molecule has 0 saturated carbocycles. The van der Waals surface area contributed by atoms with Crippen LogP contribution in [0.3, 0.4) is 0 Å². The molecule has 2 aromatic carbocycles. The zero-order chi connectivity index (χ0) is 22.9. The van der Waals surface area contributed by atoms with Crippen LogP contribution in [-0.4, -0.2) is 25.7 Å². The number of anilines is 1. The van der Waals surface area contributed by atoms with Gasteiger partial charge >= 0.3 is 5.97 Å². The SMILES string of the molecule is O=C(O)c1cccc(-n2cccc2[C@H]2[C@@H](c3ccccn3)NC(=S)N2c2ccc(Br)cc2)c1. The molecule has 2 atom stereocenters. The topological polar surface area (TPSA) is 70.4 Å². The monoisotopic (exact) mass is 518 g/mol. The molecule has 33 heavy (non-hydrogen) atoms. The Morgan fingerprint density at radius 2 is 1.82 bits per heavy atom. The minimum Gasteiger partial charge on any atom is -0.478 e. The van der Waals surface area contributed by atoms with E-state index >= 15 is 0 Å². The Kier molecular flexibility index (Phi) is 5.70. The largest absolute Gasteiger partial charge is 0.478 e. The average Bonchev–Trinajstić information content (AvgIpc) is 3.44. The van der Waals surface area contributed by atoms with Crippen LogP contribution >= 0.6 is 28.1 Å². The number of aromatic carboxylic acids is 1. The smallest absolute Gasteiger partial charge is 0.335 e. The summed E-state index contributed by atoms with van der Waals surface area (Å²) in [5.74, 6) is -0.961. The lowest BCUT2D eigenvalue weighted by molar-refractivity contribution is 0.0697. The van der Waals surface area contributed by atoms with E-state index in [1.807, 2.05) is 71.4 Å². The average molecular weight is 519 g/mol. The van der Waals surface area contributed by atoms with Crippen LogP contribution in [0, 0.1) is 0 Å². The van der Waals surface area contributed by atoms with Crippen molar-refractivity contribution in [3.8, 4) is 5.69 Å². The fourth-order valence-electron chi connectivity index (χ4n) is 4.19. The third-order valence-corrected chi connectivity index (χ3v) is 6.50. The number of halogens is 1. The van der Waals surface area contributed by atoms with Crippen LogP contribution in [-0.2, 0) is 0 Å². The summed E-state index contributed by atoms with van der Waals surface area (Å²) in [5, 5.41) is 13.5. The summed E-state index contributed by atoms with van der Waals surface area (Å²) in [4.78, 5) is 18.2. The predicted octanol–water partition coefficient (Wildman–Crippen LogP) is 5.51. The normalized spacial score (nSPS) is 17.7. The van der Waals surface area contributed by atoms with Crippen LogP contribution in [0.4, 0.5) is 5.69 Å².